The van der Waals surface area contributed by atoms with E-state index in [1.165, 1.54) is 6.42 Å². The average molecular weight is 441 g/mol. The minimum absolute atomic E-state index is 0.253. The lowest BCUT2D eigenvalue weighted by atomic mass is 10.1. The molecule has 0 fully saturated rings. The van der Waals surface area contributed by atoms with Crippen LogP contribution in [0.3, 0.4) is 0 Å². The van der Waals surface area contributed by atoms with Gasteiger partial charge in [0.05, 0.1) is 25.2 Å². The Morgan fingerprint density at radius 1 is 0.750 bits per heavy atom. The lowest BCUT2D eigenvalue weighted by Gasteiger charge is -2.14. The van der Waals surface area contributed by atoms with Gasteiger partial charge in [-0.3, -0.25) is 8.37 Å². The normalized spacial score (nSPS) is 14.0. The Kier molecular flexibility index (Phi) is 16.1. The molecular weight excluding hydrogens is 400 g/mol. The van der Waals surface area contributed by atoms with Gasteiger partial charge in [0.25, 0.3) is 20.2 Å². The third-order valence-electron chi connectivity index (χ3n) is 4.32. The third kappa shape index (κ3) is 21.9. The van der Waals surface area contributed by atoms with Crippen LogP contribution in [-0.4, -0.2) is 42.1 Å². The molecule has 0 bridgehead atoms. The molecule has 8 heteroatoms. The zero-order valence-electron chi connectivity index (χ0n) is 17.9. The molecule has 0 aromatic heterocycles. The summed E-state index contributed by atoms with van der Waals surface area (Å²) in [6.45, 7) is 2.43. The second-order valence-electron chi connectivity index (χ2n) is 7.41. The zero-order valence-corrected chi connectivity index (χ0v) is 19.5. The van der Waals surface area contributed by atoms with Crippen molar-refractivity contribution in [2.45, 2.75) is 96.5 Å². The molecule has 0 aromatic rings. The van der Waals surface area contributed by atoms with Crippen LogP contribution in [0.15, 0.2) is 12.2 Å². The van der Waals surface area contributed by atoms with Gasteiger partial charge in [-0.15, -0.1) is 0 Å². The Bertz CT molecular complexity index is 596. The molecule has 0 aliphatic carbocycles. The first-order valence-corrected chi connectivity index (χ1v) is 14.1. The molecule has 0 saturated heterocycles. The van der Waals surface area contributed by atoms with Crippen LogP contribution in [0, 0.1) is 0 Å². The summed E-state index contributed by atoms with van der Waals surface area (Å²) in [5.41, 5.74) is 0. The Morgan fingerprint density at radius 3 is 1.96 bits per heavy atom. The van der Waals surface area contributed by atoms with E-state index in [2.05, 4.69) is 13.0 Å². The Morgan fingerprint density at radius 2 is 1.36 bits per heavy atom. The summed E-state index contributed by atoms with van der Waals surface area (Å²) in [4.78, 5) is 0. The van der Waals surface area contributed by atoms with Gasteiger partial charge in [-0.1, -0.05) is 70.4 Å². The van der Waals surface area contributed by atoms with Crippen LogP contribution < -0.4 is 0 Å². The van der Waals surface area contributed by atoms with E-state index in [4.69, 9.17) is 8.37 Å². The predicted molar refractivity (Wildman–Crippen MR) is 115 cm³/mol. The van der Waals surface area contributed by atoms with Gasteiger partial charge in [-0.2, -0.15) is 16.8 Å². The first kappa shape index (κ1) is 27.6. The number of hydrogen-bond acceptors (Lipinski definition) is 6. The lowest BCUT2D eigenvalue weighted by Crippen LogP contribution is -2.17. The van der Waals surface area contributed by atoms with E-state index in [-0.39, 0.29) is 12.7 Å². The van der Waals surface area contributed by atoms with Gasteiger partial charge in [-0.25, -0.2) is 0 Å². The van der Waals surface area contributed by atoms with Crippen LogP contribution in [0.5, 0.6) is 0 Å². The molecule has 1 unspecified atom stereocenters. The predicted octanol–water partition coefficient (Wildman–Crippen LogP) is 4.95. The summed E-state index contributed by atoms with van der Waals surface area (Å²) in [7, 11) is -6.72. The average Bonchev–Trinajstić information content (AvgIpc) is 2.57. The van der Waals surface area contributed by atoms with Gasteiger partial charge in [0.15, 0.2) is 0 Å². The van der Waals surface area contributed by atoms with Crippen LogP contribution in [0.25, 0.3) is 0 Å². The topological polar surface area (TPSA) is 86.7 Å². The van der Waals surface area contributed by atoms with Crippen molar-refractivity contribution in [3.05, 3.63) is 12.2 Å². The molecule has 6 nitrogen and oxygen atoms in total. The van der Waals surface area contributed by atoms with Crippen molar-refractivity contribution in [1.82, 2.24) is 0 Å². The van der Waals surface area contributed by atoms with E-state index in [0.717, 1.165) is 83.1 Å². The van der Waals surface area contributed by atoms with Crippen molar-refractivity contribution in [2.24, 2.45) is 0 Å². The van der Waals surface area contributed by atoms with E-state index in [0.29, 0.717) is 6.42 Å². The van der Waals surface area contributed by atoms with Gasteiger partial charge in [0, 0.05) is 0 Å². The van der Waals surface area contributed by atoms with E-state index in [1.54, 1.807) is 0 Å². The van der Waals surface area contributed by atoms with E-state index >= 15 is 0 Å². The Balaban J connectivity index is 3.78. The highest BCUT2D eigenvalue weighted by atomic mass is 32.2. The van der Waals surface area contributed by atoms with E-state index < -0.39 is 20.2 Å². The van der Waals surface area contributed by atoms with Crippen molar-refractivity contribution in [2.75, 3.05) is 19.1 Å². The number of hydrogen-bond donors (Lipinski definition) is 0. The summed E-state index contributed by atoms with van der Waals surface area (Å²) in [6.07, 6.45) is 19.1. The molecule has 0 aliphatic heterocycles. The molecule has 0 saturated carbocycles. The number of rotatable bonds is 19. The monoisotopic (exact) mass is 440 g/mol. The molecule has 0 aliphatic rings. The molecule has 0 aromatic carbocycles. The maximum absolute atomic E-state index is 11.4. The van der Waals surface area contributed by atoms with E-state index in [1.807, 2.05) is 6.08 Å². The first-order chi connectivity index (χ1) is 13.1. The molecule has 0 radical (unpaired) electrons. The second-order valence-corrected chi connectivity index (χ2v) is 10.7. The van der Waals surface area contributed by atoms with Crippen LogP contribution >= 0.6 is 0 Å². The third-order valence-corrected chi connectivity index (χ3v) is 5.54. The quantitative estimate of drug-likeness (QED) is 0.160. The standard InChI is InChI=1S/C20H40O6S2/c1-4-5-6-14-17-20(26-28(3,23)24)18-15-12-10-8-7-9-11-13-16-19-25-27(2,21)22/h12,15,20H,4-11,13-14,16-19H2,1-3H3/b15-12-. The van der Waals surface area contributed by atoms with Gasteiger partial charge in [-0.05, 0) is 32.1 Å². The Labute approximate surface area is 173 Å². The van der Waals surface area contributed by atoms with Crippen LogP contribution in [0.4, 0.5) is 0 Å². The summed E-state index contributed by atoms with van der Waals surface area (Å²) < 4.78 is 54.3. The van der Waals surface area contributed by atoms with Crippen LogP contribution in [-0.2, 0) is 28.6 Å². The maximum Gasteiger partial charge on any atom is 0.264 e. The number of unbranched alkanes of at least 4 members (excludes halogenated alkanes) is 9. The largest absolute Gasteiger partial charge is 0.270 e. The minimum Gasteiger partial charge on any atom is -0.270 e. The first-order valence-electron chi connectivity index (χ1n) is 10.5. The SMILES string of the molecule is CCCCCCC(C/C=C\CCCCCCCCOS(C)(=O)=O)OS(C)(=O)=O. The molecule has 0 heterocycles. The van der Waals surface area contributed by atoms with Gasteiger partial charge in [0.1, 0.15) is 0 Å². The maximum atomic E-state index is 11.4. The van der Waals surface area contributed by atoms with Crippen molar-refractivity contribution in [3.8, 4) is 0 Å². The number of allylic oxidation sites excluding steroid dienone is 1. The summed E-state index contributed by atoms with van der Waals surface area (Å²) in [5, 5.41) is 0. The summed E-state index contributed by atoms with van der Waals surface area (Å²) in [6, 6.07) is 0. The fourth-order valence-corrected chi connectivity index (χ4v) is 3.99. The fraction of sp³-hybridized carbons (Fsp3) is 0.900. The minimum atomic E-state index is -3.41. The smallest absolute Gasteiger partial charge is 0.264 e. The van der Waals surface area contributed by atoms with E-state index in [9.17, 15) is 16.8 Å². The summed E-state index contributed by atoms with van der Waals surface area (Å²) >= 11 is 0. The van der Waals surface area contributed by atoms with Crippen molar-refractivity contribution >= 4 is 20.2 Å². The molecule has 0 rings (SSSR count). The van der Waals surface area contributed by atoms with Crippen LogP contribution in [0.2, 0.25) is 0 Å². The molecule has 1 atom stereocenters. The molecule has 0 spiro atoms. The molecular formula is C20H40O6S2. The molecule has 168 valence electrons. The molecule has 28 heavy (non-hydrogen) atoms. The van der Waals surface area contributed by atoms with Crippen molar-refractivity contribution in [3.63, 3.8) is 0 Å². The van der Waals surface area contributed by atoms with Gasteiger partial charge < -0.3 is 0 Å². The highest BCUT2D eigenvalue weighted by Gasteiger charge is 2.13. The Hall–Kier alpha value is -0.440. The molecule has 0 N–H and O–H groups in total. The lowest BCUT2D eigenvalue weighted by molar-refractivity contribution is 0.199. The summed E-state index contributed by atoms with van der Waals surface area (Å²) in [5.74, 6) is 0. The van der Waals surface area contributed by atoms with Gasteiger partial charge >= 0.3 is 0 Å². The van der Waals surface area contributed by atoms with Crippen molar-refractivity contribution in [1.29, 1.82) is 0 Å². The van der Waals surface area contributed by atoms with Crippen LogP contribution in [0.1, 0.15) is 90.4 Å². The molecule has 0 amide bonds. The highest BCUT2D eigenvalue weighted by Crippen LogP contribution is 2.15. The van der Waals surface area contributed by atoms with Gasteiger partial charge in [0.2, 0.25) is 0 Å². The zero-order chi connectivity index (χ0) is 21.3. The second kappa shape index (κ2) is 16.4. The highest BCUT2D eigenvalue weighted by molar-refractivity contribution is 7.86. The van der Waals surface area contributed by atoms with Crippen molar-refractivity contribution < 1.29 is 25.2 Å². The fourth-order valence-electron chi connectivity index (χ4n) is 2.90.